The summed E-state index contributed by atoms with van der Waals surface area (Å²) in [4.78, 5) is 11.3. The highest BCUT2D eigenvalue weighted by Crippen LogP contribution is 2.26. The van der Waals surface area contributed by atoms with Crippen LogP contribution in [0.3, 0.4) is 0 Å². The predicted octanol–water partition coefficient (Wildman–Crippen LogP) is 1.05. The van der Waals surface area contributed by atoms with Gasteiger partial charge in [0.15, 0.2) is 0 Å². The summed E-state index contributed by atoms with van der Waals surface area (Å²) >= 11 is 0. The first-order chi connectivity index (χ1) is 8.24. The zero-order valence-corrected chi connectivity index (χ0v) is 10.3. The van der Waals surface area contributed by atoms with Crippen molar-refractivity contribution in [1.82, 2.24) is 10.6 Å². The molecule has 0 aliphatic carbocycles. The van der Waals surface area contributed by atoms with Gasteiger partial charge in [0, 0.05) is 18.3 Å². The number of anilines is 1. The Hall–Kier alpha value is -1.39. The molecule has 92 valence electrons. The summed E-state index contributed by atoms with van der Waals surface area (Å²) in [6, 6.07) is 6.47. The molecule has 1 aliphatic rings. The van der Waals surface area contributed by atoms with Crippen molar-refractivity contribution in [3.8, 4) is 0 Å². The quantitative estimate of drug-likeness (QED) is 0.712. The summed E-state index contributed by atoms with van der Waals surface area (Å²) in [5, 5.41) is 9.47. The van der Waals surface area contributed by atoms with E-state index in [4.69, 9.17) is 0 Å². The Bertz CT molecular complexity index is 417. The fraction of sp³-hybridized carbons (Fsp3) is 0.462. The number of hydrogen-bond acceptors (Lipinski definition) is 3. The Kier molecular flexibility index (Phi) is 3.76. The maximum absolute atomic E-state index is 11.3. The van der Waals surface area contributed by atoms with Crippen LogP contribution in [0.1, 0.15) is 24.1 Å². The second-order valence-electron chi connectivity index (χ2n) is 4.29. The van der Waals surface area contributed by atoms with E-state index >= 15 is 0 Å². The highest BCUT2D eigenvalue weighted by molar-refractivity contribution is 5.99. The summed E-state index contributed by atoms with van der Waals surface area (Å²) < 4.78 is 0. The third kappa shape index (κ3) is 2.65. The van der Waals surface area contributed by atoms with Gasteiger partial charge in [-0.1, -0.05) is 19.1 Å². The van der Waals surface area contributed by atoms with Crippen molar-refractivity contribution < 1.29 is 4.79 Å². The fourth-order valence-corrected chi connectivity index (χ4v) is 2.14. The summed E-state index contributed by atoms with van der Waals surface area (Å²) in [6.07, 6.45) is 0.501. The zero-order valence-electron chi connectivity index (χ0n) is 10.3. The Morgan fingerprint density at radius 2 is 2.29 bits per heavy atom. The molecule has 0 spiro atoms. The van der Waals surface area contributed by atoms with E-state index in [-0.39, 0.29) is 11.9 Å². The first-order valence-electron chi connectivity index (χ1n) is 6.05. The van der Waals surface area contributed by atoms with E-state index < -0.39 is 0 Å². The van der Waals surface area contributed by atoms with Crippen LogP contribution < -0.4 is 16.0 Å². The van der Waals surface area contributed by atoms with Crippen molar-refractivity contribution in [1.29, 1.82) is 0 Å². The summed E-state index contributed by atoms with van der Waals surface area (Å²) in [5.74, 6) is 0.0878. The van der Waals surface area contributed by atoms with Crippen LogP contribution in [0.25, 0.3) is 0 Å². The van der Waals surface area contributed by atoms with Crippen molar-refractivity contribution in [2.24, 2.45) is 0 Å². The lowest BCUT2D eigenvalue weighted by atomic mass is 10.0. The van der Waals surface area contributed by atoms with E-state index in [9.17, 15) is 4.79 Å². The van der Waals surface area contributed by atoms with Gasteiger partial charge in [-0.15, -0.1) is 0 Å². The van der Waals surface area contributed by atoms with Crippen molar-refractivity contribution in [3.05, 3.63) is 29.3 Å². The molecular weight excluding hydrogens is 214 g/mol. The molecule has 4 nitrogen and oxygen atoms in total. The number of benzene rings is 1. The van der Waals surface area contributed by atoms with Crippen LogP contribution in [0.2, 0.25) is 0 Å². The molecule has 0 aromatic heterocycles. The van der Waals surface area contributed by atoms with E-state index in [1.54, 1.807) is 0 Å². The minimum absolute atomic E-state index is 0.0878. The highest BCUT2D eigenvalue weighted by Gasteiger charge is 2.19. The molecule has 4 heteroatoms. The van der Waals surface area contributed by atoms with Gasteiger partial charge < -0.3 is 16.0 Å². The standard InChI is InChI=1S/C13H19N3O/c1-3-15-8-12(14-2)9-4-5-11-10(6-9)7-13(17)16-11/h4-6,12,14-15H,3,7-8H2,1-2H3,(H,16,17). The maximum Gasteiger partial charge on any atom is 0.228 e. The van der Waals surface area contributed by atoms with Gasteiger partial charge in [0.1, 0.15) is 0 Å². The van der Waals surface area contributed by atoms with Gasteiger partial charge in [0.2, 0.25) is 5.91 Å². The number of amides is 1. The van der Waals surface area contributed by atoms with E-state index in [2.05, 4.69) is 35.0 Å². The molecule has 0 radical (unpaired) electrons. The van der Waals surface area contributed by atoms with Gasteiger partial charge in [-0.2, -0.15) is 0 Å². The molecule has 0 fully saturated rings. The van der Waals surface area contributed by atoms with Crippen molar-refractivity contribution in [3.63, 3.8) is 0 Å². The molecule has 0 bridgehead atoms. The topological polar surface area (TPSA) is 53.2 Å². The monoisotopic (exact) mass is 233 g/mol. The molecule has 1 atom stereocenters. The lowest BCUT2D eigenvalue weighted by molar-refractivity contribution is -0.115. The molecule has 1 aromatic rings. The predicted molar refractivity (Wildman–Crippen MR) is 69.1 cm³/mol. The minimum atomic E-state index is 0.0878. The van der Waals surface area contributed by atoms with Crippen molar-refractivity contribution >= 4 is 11.6 Å². The Balaban J connectivity index is 2.16. The van der Waals surface area contributed by atoms with Crippen LogP contribution in [-0.2, 0) is 11.2 Å². The minimum Gasteiger partial charge on any atom is -0.326 e. The van der Waals surface area contributed by atoms with Crippen LogP contribution >= 0.6 is 0 Å². The first-order valence-corrected chi connectivity index (χ1v) is 6.05. The first kappa shape index (κ1) is 12.1. The number of rotatable bonds is 5. The van der Waals surface area contributed by atoms with E-state index in [1.807, 2.05) is 13.1 Å². The molecule has 2 rings (SSSR count). The normalized spacial score (nSPS) is 15.5. The van der Waals surface area contributed by atoms with E-state index in [0.29, 0.717) is 6.42 Å². The molecule has 0 saturated heterocycles. The van der Waals surface area contributed by atoms with Crippen molar-refractivity contribution in [2.75, 3.05) is 25.5 Å². The lowest BCUT2D eigenvalue weighted by Crippen LogP contribution is -2.29. The molecule has 17 heavy (non-hydrogen) atoms. The van der Waals surface area contributed by atoms with E-state index in [0.717, 1.165) is 24.3 Å². The third-order valence-electron chi connectivity index (χ3n) is 3.10. The second-order valence-corrected chi connectivity index (χ2v) is 4.29. The largest absolute Gasteiger partial charge is 0.326 e. The van der Waals surface area contributed by atoms with Crippen LogP contribution in [0, 0.1) is 0 Å². The molecule has 0 saturated carbocycles. The third-order valence-corrected chi connectivity index (χ3v) is 3.10. The molecular formula is C13H19N3O. The van der Waals surface area contributed by atoms with Crippen molar-refractivity contribution in [2.45, 2.75) is 19.4 Å². The van der Waals surface area contributed by atoms with Gasteiger partial charge in [-0.25, -0.2) is 0 Å². The van der Waals surface area contributed by atoms with Crippen LogP contribution in [0.15, 0.2) is 18.2 Å². The van der Waals surface area contributed by atoms with Crippen LogP contribution in [-0.4, -0.2) is 26.0 Å². The number of carbonyl (C=O) groups is 1. The van der Waals surface area contributed by atoms with Crippen LogP contribution in [0.5, 0.6) is 0 Å². The highest BCUT2D eigenvalue weighted by atomic mass is 16.1. The summed E-state index contributed by atoms with van der Waals surface area (Å²) in [6.45, 7) is 3.95. The number of nitrogens with one attached hydrogen (secondary N) is 3. The lowest BCUT2D eigenvalue weighted by Gasteiger charge is -2.17. The van der Waals surface area contributed by atoms with E-state index in [1.165, 1.54) is 5.56 Å². The van der Waals surface area contributed by atoms with Gasteiger partial charge >= 0.3 is 0 Å². The molecule has 1 amide bonds. The number of hydrogen-bond donors (Lipinski definition) is 3. The molecule has 3 N–H and O–H groups in total. The number of carbonyl (C=O) groups excluding carboxylic acids is 1. The maximum atomic E-state index is 11.3. The average molecular weight is 233 g/mol. The second kappa shape index (κ2) is 5.29. The van der Waals surface area contributed by atoms with Crippen LogP contribution in [0.4, 0.5) is 5.69 Å². The number of likely N-dealkylation sites (N-methyl/N-ethyl adjacent to an activating group) is 2. The summed E-state index contributed by atoms with van der Waals surface area (Å²) in [7, 11) is 1.96. The van der Waals surface area contributed by atoms with Gasteiger partial charge in [-0.05, 0) is 30.8 Å². The number of fused-ring (bicyclic) bond motifs is 1. The van der Waals surface area contributed by atoms with Gasteiger partial charge in [-0.3, -0.25) is 4.79 Å². The Morgan fingerprint density at radius 1 is 1.47 bits per heavy atom. The molecule has 1 heterocycles. The average Bonchev–Trinajstić information content (AvgIpc) is 2.69. The van der Waals surface area contributed by atoms with Gasteiger partial charge in [0.25, 0.3) is 0 Å². The smallest absolute Gasteiger partial charge is 0.228 e. The molecule has 1 aliphatic heterocycles. The molecule has 1 unspecified atom stereocenters. The van der Waals surface area contributed by atoms with Gasteiger partial charge in [0.05, 0.1) is 6.42 Å². The molecule has 1 aromatic carbocycles. The Morgan fingerprint density at radius 3 is 3.00 bits per heavy atom. The SMILES string of the molecule is CCNCC(NC)c1ccc2c(c1)CC(=O)N2. The zero-order chi connectivity index (χ0) is 12.3. The summed E-state index contributed by atoms with van der Waals surface area (Å²) in [5.41, 5.74) is 3.28. The fourth-order valence-electron chi connectivity index (χ4n) is 2.14. The Labute approximate surface area is 102 Å².